The molecule has 8 heteroatoms. The van der Waals surface area contributed by atoms with E-state index in [0.29, 0.717) is 17.9 Å². The van der Waals surface area contributed by atoms with Crippen molar-refractivity contribution in [1.82, 2.24) is 0 Å². The fourth-order valence-electron chi connectivity index (χ4n) is 4.09. The molecule has 1 aromatic heterocycles. The van der Waals surface area contributed by atoms with Gasteiger partial charge in [-0.1, -0.05) is 150 Å². The Morgan fingerprint density at radius 3 is 1.31 bits per heavy atom. The second-order valence-electron chi connectivity index (χ2n) is 12.6. The van der Waals surface area contributed by atoms with Gasteiger partial charge in [0.05, 0.1) is 13.2 Å². The van der Waals surface area contributed by atoms with Crippen LogP contribution in [0.1, 0.15) is 96.2 Å². The van der Waals surface area contributed by atoms with E-state index < -0.39 is 5.82 Å². The number of rotatable bonds is 4. The van der Waals surface area contributed by atoms with Crippen LogP contribution in [0.3, 0.4) is 0 Å². The minimum atomic E-state index is -0.607. The summed E-state index contributed by atoms with van der Waals surface area (Å²) >= 11 is 0. The van der Waals surface area contributed by atoms with E-state index in [1.165, 1.54) is 47.9 Å². The van der Waals surface area contributed by atoms with E-state index in [1.54, 1.807) is 32.2 Å². The summed E-state index contributed by atoms with van der Waals surface area (Å²) in [5, 5.41) is 0. The van der Waals surface area contributed by atoms with Crippen molar-refractivity contribution in [3.05, 3.63) is 195 Å². The number of esters is 1. The molecular formula is C51H72F2O6. The first-order valence-corrected chi connectivity index (χ1v) is 18.5. The fourth-order valence-corrected chi connectivity index (χ4v) is 4.09. The standard InChI is InChI=1S/C8H10O.C8H10.2C7H7F.C7H8.C6H8O3.C5H10O2.3CH4/c1-7-3-5-8(9-2)6-4-7;1-2-8-6-4-3-5-7-8;1-6-2-4-7(8)5-3-6;1-6-3-2-4-7(8)5-6;1-7-5-3-2-4-6-7;1-3-5-4(2)8-6(7)9-5;1-4(2)7-5(3)6;;;/h3-6H,1-2H3;3-7H,2H2,1H3;2*2-5H,1H3;2-6H,1H3;3H2,1-2H3;4H,1-3H3;3*1H4. The predicted molar refractivity (Wildman–Crippen MR) is 245 cm³/mol. The van der Waals surface area contributed by atoms with Gasteiger partial charge in [-0.2, -0.15) is 0 Å². The molecule has 326 valence electrons. The summed E-state index contributed by atoms with van der Waals surface area (Å²) in [6.07, 6.45) is 1.87. The van der Waals surface area contributed by atoms with Gasteiger partial charge < -0.3 is 18.3 Å². The molecule has 0 spiro atoms. The third kappa shape index (κ3) is 34.0. The van der Waals surface area contributed by atoms with Crippen LogP contribution in [0.2, 0.25) is 0 Å². The smallest absolute Gasteiger partial charge is 0.497 e. The predicted octanol–water partition coefficient (Wildman–Crippen LogP) is 14.5. The fraction of sp³-hybridized carbons (Fsp3) is 0.333. The molecule has 0 aliphatic heterocycles. The van der Waals surface area contributed by atoms with Gasteiger partial charge in [-0.15, -0.1) is 0 Å². The molecule has 0 unspecified atom stereocenters. The number of aryl methyl sites for hydroxylation is 7. The number of carbonyl (C=O) groups is 1. The van der Waals surface area contributed by atoms with Gasteiger partial charge in [0, 0.05) is 13.3 Å². The van der Waals surface area contributed by atoms with Gasteiger partial charge in [0.2, 0.25) is 0 Å². The summed E-state index contributed by atoms with van der Waals surface area (Å²) in [6, 6.07) is 41.6. The topological polar surface area (TPSA) is 78.9 Å². The zero-order chi connectivity index (χ0) is 42.3. The number of hydrogen-bond acceptors (Lipinski definition) is 6. The van der Waals surface area contributed by atoms with Gasteiger partial charge in [-0.05, 0) is 102 Å². The van der Waals surface area contributed by atoms with Gasteiger partial charge in [0.25, 0.3) is 0 Å². The normalized spacial score (nSPS) is 8.78. The highest BCUT2D eigenvalue weighted by Gasteiger charge is 2.03. The number of halogens is 2. The van der Waals surface area contributed by atoms with Crippen LogP contribution in [0.5, 0.6) is 5.75 Å². The van der Waals surface area contributed by atoms with E-state index in [2.05, 4.69) is 70.7 Å². The lowest BCUT2D eigenvalue weighted by Crippen LogP contribution is -2.06. The van der Waals surface area contributed by atoms with E-state index in [4.69, 9.17) is 4.74 Å². The molecule has 0 amide bonds. The summed E-state index contributed by atoms with van der Waals surface area (Å²) in [5.41, 5.74) is 6.04. The number of carbonyl (C=O) groups excluding carboxylic acids is 1. The van der Waals surface area contributed by atoms with Crippen LogP contribution < -0.4 is 10.6 Å². The Bertz CT molecular complexity index is 1860. The Hall–Kier alpha value is -5.76. The van der Waals surface area contributed by atoms with Crippen molar-refractivity contribution in [2.75, 3.05) is 7.11 Å². The summed E-state index contributed by atoms with van der Waals surface area (Å²) in [4.78, 5) is 20.4. The average molecular weight is 819 g/mol. The Balaban J connectivity index is -0.000000297. The molecule has 6 nitrogen and oxygen atoms in total. The minimum Gasteiger partial charge on any atom is -0.497 e. The Morgan fingerprint density at radius 2 is 1.05 bits per heavy atom. The molecule has 0 aliphatic rings. The Kier molecular flexibility index (Phi) is 37.1. The van der Waals surface area contributed by atoms with Crippen molar-refractivity contribution in [2.45, 2.75) is 110 Å². The van der Waals surface area contributed by atoms with Gasteiger partial charge in [-0.3, -0.25) is 4.79 Å². The molecule has 6 rings (SSSR count). The Morgan fingerprint density at radius 1 is 0.593 bits per heavy atom. The zero-order valence-electron chi connectivity index (χ0n) is 34.9. The first-order valence-electron chi connectivity index (χ1n) is 18.5. The van der Waals surface area contributed by atoms with Crippen LogP contribution in [-0.2, 0) is 22.4 Å². The minimum absolute atomic E-state index is 0. The molecule has 0 atom stereocenters. The van der Waals surface area contributed by atoms with E-state index in [0.717, 1.165) is 23.3 Å². The van der Waals surface area contributed by atoms with Gasteiger partial charge in [0.15, 0.2) is 0 Å². The van der Waals surface area contributed by atoms with Gasteiger partial charge in [-0.25, -0.2) is 13.6 Å². The van der Waals surface area contributed by atoms with Crippen LogP contribution in [0, 0.1) is 46.3 Å². The van der Waals surface area contributed by atoms with Crippen LogP contribution in [-0.4, -0.2) is 19.2 Å². The largest absolute Gasteiger partial charge is 0.519 e. The monoisotopic (exact) mass is 819 g/mol. The van der Waals surface area contributed by atoms with Crippen molar-refractivity contribution in [3.8, 4) is 5.75 Å². The molecule has 0 aliphatic carbocycles. The molecule has 6 aromatic rings. The lowest BCUT2D eigenvalue weighted by Gasteiger charge is -2.01. The number of ether oxygens (including phenoxy) is 2. The van der Waals surface area contributed by atoms with Crippen molar-refractivity contribution in [1.29, 1.82) is 0 Å². The van der Waals surface area contributed by atoms with Crippen LogP contribution in [0.15, 0.2) is 147 Å². The molecule has 0 N–H and O–H groups in total. The molecule has 0 radical (unpaired) electrons. The van der Waals surface area contributed by atoms with E-state index in [-0.39, 0.29) is 46.0 Å². The lowest BCUT2D eigenvalue weighted by atomic mass is 10.2. The van der Waals surface area contributed by atoms with E-state index >= 15 is 0 Å². The molecule has 0 saturated heterocycles. The second-order valence-corrected chi connectivity index (χ2v) is 12.6. The summed E-state index contributed by atoms with van der Waals surface area (Å²) in [6.45, 7) is 18.8. The average Bonchev–Trinajstić information content (AvgIpc) is 3.51. The first-order chi connectivity index (χ1) is 26.6. The van der Waals surface area contributed by atoms with Crippen LogP contribution in [0.25, 0.3) is 0 Å². The second kappa shape index (κ2) is 36.6. The van der Waals surface area contributed by atoms with Crippen LogP contribution in [0.4, 0.5) is 8.78 Å². The van der Waals surface area contributed by atoms with Crippen molar-refractivity contribution in [2.24, 2.45) is 0 Å². The molecule has 0 saturated carbocycles. The Labute approximate surface area is 355 Å². The molecule has 1 heterocycles. The molecule has 5 aromatic carbocycles. The summed E-state index contributed by atoms with van der Waals surface area (Å²) in [5.74, 6) is 0.989. The van der Waals surface area contributed by atoms with Gasteiger partial charge in [0.1, 0.15) is 28.9 Å². The third-order valence-electron chi connectivity index (χ3n) is 7.00. The maximum Gasteiger partial charge on any atom is 0.519 e. The number of benzene rings is 5. The molecule has 59 heavy (non-hydrogen) atoms. The van der Waals surface area contributed by atoms with Crippen molar-refractivity contribution in [3.63, 3.8) is 0 Å². The quantitative estimate of drug-likeness (QED) is 0.165. The van der Waals surface area contributed by atoms with E-state index in [9.17, 15) is 18.4 Å². The summed E-state index contributed by atoms with van der Waals surface area (Å²) in [7, 11) is 1.67. The van der Waals surface area contributed by atoms with Crippen LogP contribution >= 0.6 is 0 Å². The number of hydrogen-bond donors (Lipinski definition) is 0. The highest BCUT2D eigenvalue weighted by molar-refractivity contribution is 5.66. The number of methoxy groups -OCH3 is 1. The van der Waals surface area contributed by atoms with Gasteiger partial charge >= 0.3 is 11.8 Å². The van der Waals surface area contributed by atoms with Crippen molar-refractivity contribution < 1.29 is 31.9 Å². The first kappa shape index (κ1) is 59.9. The zero-order valence-corrected chi connectivity index (χ0v) is 34.9. The van der Waals surface area contributed by atoms with Crippen molar-refractivity contribution >= 4 is 5.97 Å². The molecule has 0 fully saturated rings. The lowest BCUT2D eigenvalue weighted by molar-refractivity contribution is -0.144. The third-order valence-corrected chi connectivity index (χ3v) is 7.00. The highest BCUT2D eigenvalue weighted by Crippen LogP contribution is 2.09. The molecule has 0 bridgehead atoms. The molecular weight excluding hydrogens is 747 g/mol. The maximum atomic E-state index is 12.2. The highest BCUT2D eigenvalue weighted by atomic mass is 19.1. The SMILES string of the molecule is C.C.C.CC(=O)OC(C)C.CCc1ccccc1.CCc1oc(=O)oc1C.COc1ccc(C)cc1.Cc1ccc(F)cc1.Cc1cccc(F)c1.Cc1ccccc1. The maximum absolute atomic E-state index is 12.2. The summed E-state index contributed by atoms with van der Waals surface area (Å²) < 4.78 is 43.1. The van der Waals surface area contributed by atoms with E-state index in [1.807, 2.05) is 89.2 Å².